The highest BCUT2D eigenvalue weighted by Gasteiger charge is 2.31. The van der Waals surface area contributed by atoms with E-state index in [9.17, 15) is 0 Å². The summed E-state index contributed by atoms with van der Waals surface area (Å²) < 4.78 is 0. The van der Waals surface area contributed by atoms with Gasteiger partial charge in [0.05, 0.1) is 16.8 Å². The number of nitrogens with two attached hydrogens (primary N) is 1. The Bertz CT molecular complexity index is 602. The minimum Gasteiger partial charge on any atom is -0.271 e. The maximum Gasteiger partial charge on any atom is 0.0779 e. The molecule has 0 radical (unpaired) electrons. The molecule has 0 aromatic carbocycles. The average Bonchev–Trinajstić information content (AvgIpc) is 2.50. The zero-order valence-corrected chi connectivity index (χ0v) is 11.8. The molecule has 2 aromatic heterocycles. The van der Waals surface area contributed by atoms with E-state index in [1.807, 2.05) is 24.4 Å². The van der Waals surface area contributed by atoms with Gasteiger partial charge in [0, 0.05) is 24.0 Å². The quantitative estimate of drug-likeness (QED) is 0.673. The number of rotatable bonds is 3. The molecule has 2 unspecified atom stereocenters. The van der Waals surface area contributed by atoms with E-state index >= 15 is 0 Å². The number of nitrogens with zero attached hydrogens (tertiary/aromatic N) is 2. The van der Waals surface area contributed by atoms with E-state index in [-0.39, 0.29) is 12.0 Å². The van der Waals surface area contributed by atoms with Crippen LogP contribution in [0.5, 0.6) is 0 Å². The minimum atomic E-state index is -0.113. The van der Waals surface area contributed by atoms with E-state index in [1.54, 1.807) is 6.20 Å². The molecular formula is C15H17ClN4. The Morgan fingerprint density at radius 2 is 2.05 bits per heavy atom. The van der Waals surface area contributed by atoms with Gasteiger partial charge in [-0.25, -0.2) is 0 Å². The van der Waals surface area contributed by atoms with Crippen LogP contribution in [-0.2, 0) is 6.42 Å². The standard InChI is InChI=1S/C15H17ClN4/c16-12-7-3-9-19-15(12)14(20-17)11-6-1-4-10-5-2-8-18-13(10)11/h2-3,5,7-9,11,14,20H,1,4,6,17H2. The lowest BCUT2D eigenvalue weighted by molar-refractivity contribution is 0.393. The summed E-state index contributed by atoms with van der Waals surface area (Å²) >= 11 is 6.27. The van der Waals surface area contributed by atoms with Crippen molar-refractivity contribution in [3.05, 3.63) is 58.6 Å². The fourth-order valence-electron chi connectivity index (χ4n) is 2.98. The zero-order valence-electron chi connectivity index (χ0n) is 11.1. The summed E-state index contributed by atoms with van der Waals surface area (Å²) in [4.78, 5) is 8.95. The normalized spacial score (nSPS) is 19.4. The molecule has 0 bridgehead atoms. The number of pyridine rings is 2. The number of aryl methyl sites for hydroxylation is 1. The van der Waals surface area contributed by atoms with Crippen molar-refractivity contribution in [2.75, 3.05) is 0 Å². The maximum absolute atomic E-state index is 6.27. The van der Waals surface area contributed by atoms with Gasteiger partial charge in [0.2, 0.25) is 0 Å². The smallest absolute Gasteiger partial charge is 0.0779 e. The lowest BCUT2D eigenvalue weighted by atomic mass is 9.81. The number of fused-ring (bicyclic) bond motifs is 1. The van der Waals surface area contributed by atoms with Crippen LogP contribution in [0.1, 0.15) is 41.8 Å². The van der Waals surface area contributed by atoms with Gasteiger partial charge >= 0.3 is 0 Å². The van der Waals surface area contributed by atoms with Gasteiger partial charge in [0.15, 0.2) is 0 Å². The van der Waals surface area contributed by atoms with Crippen LogP contribution in [-0.4, -0.2) is 9.97 Å². The first-order valence-corrected chi connectivity index (χ1v) is 7.19. The summed E-state index contributed by atoms with van der Waals surface area (Å²) in [5.74, 6) is 5.99. The van der Waals surface area contributed by atoms with Crippen LogP contribution in [0.3, 0.4) is 0 Å². The molecular weight excluding hydrogens is 272 g/mol. The van der Waals surface area contributed by atoms with Gasteiger partial charge in [-0.3, -0.25) is 21.2 Å². The van der Waals surface area contributed by atoms with Gasteiger partial charge in [-0.05, 0) is 43.0 Å². The highest BCUT2D eigenvalue weighted by molar-refractivity contribution is 6.31. The molecule has 2 aromatic rings. The van der Waals surface area contributed by atoms with Crippen molar-refractivity contribution >= 4 is 11.6 Å². The van der Waals surface area contributed by atoms with Crippen molar-refractivity contribution in [1.29, 1.82) is 0 Å². The summed E-state index contributed by atoms with van der Waals surface area (Å²) in [7, 11) is 0. The largest absolute Gasteiger partial charge is 0.271 e. The highest BCUT2D eigenvalue weighted by atomic mass is 35.5. The lowest BCUT2D eigenvalue weighted by Gasteiger charge is -2.31. The van der Waals surface area contributed by atoms with Crippen LogP contribution >= 0.6 is 11.6 Å². The number of nitrogens with one attached hydrogen (secondary N) is 1. The van der Waals surface area contributed by atoms with Crippen molar-refractivity contribution in [2.45, 2.75) is 31.2 Å². The molecule has 4 nitrogen and oxygen atoms in total. The maximum atomic E-state index is 6.27. The molecule has 20 heavy (non-hydrogen) atoms. The first kappa shape index (κ1) is 13.5. The fraction of sp³-hybridized carbons (Fsp3) is 0.333. The third-order valence-electron chi connectivity index (χ3n) is 3.90. The molecule has 3 rings (SSSR count). The monoisotopic (exact) mass is 288 g/mol. The number of halogens is 1. The summed E-state index contributed by atoms with van der Waals surface area (Å²) in [6.07, 6.45) is 6.82. The number of hydrogen-bond donors (Lipinski definition) is 2. The van der Waals surface area contributed by atoms with Gasteiger partial charge in [-0.1, -0.05) is 17.7 Å². The van der Waals surface area contributed by atoms with Gasteiger partial charge in [0.1, 0.15) is 0 Å². The lowest BCUT2D eigenvalue weighted by Crippen LogP contribution is -2.35. The zero-order chi connectivity index (χ0) is 13.9. The molecule has 2 heterocycles. The van der Waals surface area contributed by atoms with Crippen LogP contribution in [0.25, 0.3) is 0 Å². The first-order chi connectivity index (χ1) is 9.81. The molecule has 0 fully saturated rings. The summed E-state index contributed by atoms with van der Waals surface area (Å²) in [6, 6.07) is 7.68. The van der Waals surface area contributed by atoms with Crippen LogP contribution in [0, 0.1) is 0 Å². The van der Waals surface area contributed by atoms with Crippen LogP contribution in [0.15, 0.2) is 36.7 Å². The van der Waals surface area contributed by atoms with Crippen molar-refractivity contribution in [3.8, 4) is 0 Å². The average molecular weight is 289 g/mol. The predicted octanol–water partition coefficient (Wildman–Crippen LogP) is 2.75. The fourth-order valence-corrected chi connectivity index (χ4v) is 3.22. The van der Waals surface area contributed by atoms with Gasteiger partial charge in [-0.2, -0.15) is 0 Å². The van der Waals surface area contributed by atoms with E-state index < -0.39 is 0 Å². The van der Waals surface area contributed by atoms with Gasteiger partial charge in [0.25, 0.3) is 0 Å². The van der Waals surface area contributed by atoms with Crippen molar-refractivity contribution in [3.63, 3.8) is 0 Å². The van der Waals surface area contributed by atoms with Gasteiger partial charge < -0.3 is 0 Å². The summed E-state index contributed by atoms with van der Waals surface area (Å²) in [6.45, 7) is 0. The Balaban J connectivity index is 2.01. The van der Waals surface area contributed by atoms with Gasteiger partial charge in [-0.15, -0.1) is 0 Å². The Morgan fingerprint density at radius 3 is 2.85 bits per heavy atom. The molecule has 1 aliphatic carbocycles. The summed E-state index contributed by atoms with van der Waals surface area (Å²) in [5.41, 5.74) is 6.09. The molecule has 104 valence electrons. The molecule has 5 heteroatoms. The molecule has 0 aliphatic heterocycles. The Labute approximate surface area is 123 Å². The van der Waals surface area contributed by atoms with Crippen LogP contribution in [0.2, 0.25) is 5.02 Å². The number of hydrazine groups is 1. The first-order valence-electron chi connectivity index (χ1n) is 6.81. The Kier molecular flexibility index (Phi) is 3.96. The Hall–Kier alpha value is -1.49. The van der Waals surface area contributed by atoms with Crippen molar-refractivity contribution < 1.29 is 0 Å². The molecule has 0 amide bonds. The second-order valence-electron chi connectivity index (χ2n) is 5.06. The predicted molar refractivity (Wildman–Crippen MR) is 79.2 cm³/mol. The molecule has 0 saturated heterocycles. The van der Waals surface area contributed by atoms with E-state index in [0.29, 0.717) is 5.02 Å². The molecule has 3 N–H and O–H groups in total. The molecule has 0 spiro atoms. The third-order valence-corrected chi connectivity index (χ3v) is 4.22. The van der Waals surface area contributed by atoms with E-state index in [1.165, 1.54) is 5.56 Å². The van der Waals surface area contributed by atoms with Crippen molar-refractivity contribution in [1.82, 2.24) is 15.4 Å². The summed E-state index contributed by atoms with van der Waals surface area (Å²) in [5, 5.41) is 0.638. The van der Waals surface area contributed by atoms with E-state index in [4.69, 9.17) is 17.4 Å². The highest BCUT2D eigenvalue weighted by Crippen LogP contribution is 2.39. The molecule has 0 saturated carbocycles. The minimum absolute atomic E-state index is 0.113. The second-order valence-corrected chi connectivity index (χ2v) is 5.47. The van der Waals surface area contributed by atoms with Crippen molar-refractivity contribution in [2.24, 2.45) is 5.84 Å². The van der Waals surface area contributed by atoms with E-state index in [2.05, 4.69) is 21.5 Å². The SMILES string of the molecule is NNC(c1ncccc1Cl)C1CCCc2cccnc21. The number of aromatic nitrogens is 2. The topological polar surface area (TPSA) is 63.8 Å². The Morgan fingerprint density at radius 1 is 1.25 bits per heavy atom. The van der Waals surface area contributed by atoms with Crippen LogP contribution in [0.4, 0.5) is 0 Å². The second kappa shape index (κ2) is 5.87. The third kappa shape index (κ3) is 2.42. The van der Waals surface area contributed by atoms with Crippen LogP contribution < -0.4 is 11.3 Å². The number of hydrogen-bond acceptors (Lipinski definition) is 4. The van der Waals surface area contributed by atoms with E-state index in [0.717, 1.165) is 30.7 Å². The molecule has 2 atom stereocenters. The molecule has 1 aliphatic rings.